The highest BCUT2D eigenvalue weighted by Crippen LogP contribution is 2.31. The molecule has 2 amide bonds. The molecule has 0 bridgehead atoms. The van der Waals surface area contributed by atoms with E-state index in [1.165, 1.54) is 4.90 Å². The van der Waals surface area contributed by atoms with E-state index in [4.69, 9.17) is 0 Å². The van der Waals surface area contributed by atoms with E-state index in [2.05, 4.69) is 32.4 Å². The number of halogens is 1. The molecule has 9 heteroatoms. The van der Waals surface area contributed by atoms with Crippen LogP contribution in [-0.4, -0.2) is 65.0 Å². The maximum Gasteiger partial charge on any atom is 0.262 e. The molecule has 1 fully saturated rings. The second-order valence-corrected chi connectivity index (χ2v) is 8.79. The van der Waals surface area contributed by atoms with Gasteiger partial charge in [0, 0.05) is 43.0 Å². The molecule has 0 radical (unpaired) electrons. The van der Waals surface area contributed by atoms with Crippen LogP contribution in [-0.2, 0) is 17.9 Å². The number of amides is 2. The third kappa shape index (κ3) is 4.38. The van der Waals surface area contributed by atoms with Gasteiger partial charge in [-0.05, 0) is 36.9 Å². The maximum absolute atomic E-state index is 14.7. The molecular formula is C25H27FN6O2. The summed E-state index contributed by atoms with van der Waals surface area (Å²) in [6.07, 6.45) is -1.73. The Morgan fingerprint density at radius 2 is 1.71 bits per heavy atom. The number of carbonyl (C=O) groups is 2. The second kappa shape index (κ2) is 9.26. The summed E-state index contributed by atoms with van der Waals surface area (Å²) in [7, 11) is 2.12. The fourth-order valence-electron chi connectivity index (χ4n) is 4.39. The fraction of sp³-hybridized carbons (Fsp3) is 0.320. The number of piperazine rings is 1. The zero-order chi connectivity index (χ0) is 23.7. The molecule has 8 nitrogen and oxygen atoms in total. The van der Waals surface area contributed by atoms with E-state index in [1.807, 2.05) is 12.1 Å². The molecule has 2 N–H and O–H groups in total. The number of anilines is 2. The van der Waals surface area contributed by atoms with Crippen LogP contribution in [0, 0.1) is 0 Å². The Hall–Kier alpha value is -3.72. The van der Waals surface area contributed by atoms with E-state index >= 15 is 0 Å². The number of rotatable bonds is 5. The number of hydrogen-bond donors (Lipinski definition) is 2. The first-order valence-electron chi connectivity index (χ1n) is 11.4. The first-order valence-corrected chi connectivity index (χ1v) is 11.4. The minimum atomic E-state index is -1.73. The van der Waals surface area contributed by atoms with Crippen molar-refractivity contribution in [2.75, 3.05) is 43.4 Å². The quantitative estimate of drug-likeness (QED) is 0.609. The number of hydrogen-bond acceptors (Lipinski definition) is 5. The van der Waals surface area contributed by atoms with Crippen molar-refractivity contribution in [1.29, 1.82) is 0 Å². The van der Waals surface area contributed by atoms with Crippen molar-refractivity contribution in [1.82, 2.24) is 20.0 Å². The van der Waals surface area contributed by atoms with Crippen LogP contribution in [0.4, 0.5) is 15.9 Å². The number of fused-ring (bicyclic) bond motifs is 1. The van der Waals surface area contributed by atoms with Gasteiger partial charge in [0.2, 0.25) is 6.17 Å². The Morgan fingerprint density at radius 3 is 2.41 bits per heavy atom. The van der Waals surface area contributed by atoms with Crippen molar-refractivity contribution in [3.63, 3.8) is 0 Å². The summed E-state index contributed by atoms with van der Waals surface area (Å²) in [5, 5.41) is 9.90. The Morgan fingerprint density at radius 1 is 1.00 bits per heavy atom. The van der Waals surface area contributed by atoms with E-state index in [-0.39, 0.29) is 19.0 Å². The van der Waals surface area contributed by atoms with Crippen molar-refractivity contribution < 1.29 is 14.0 Å². The molecule has 0 spiro atoms. The number of H-pyrrole nitrogens is 1. The molecule has 1 atom stereocenters. The molecule has 3 heterocycles. The van der Waals surface area contributed by atoms with Crippen LogP contribution in [0.15, 0.2) is 54.6 Å². The van der Waals surface area contributed by atoms with E-state index in [0.717, 1.165) is 31.9 Å². The monoisotopic (exact) mass is 462 g/mol. The fourth-order valence-corrected chi connectivity index (χ4v) is 4.39. The van der Waals surface area contributed by atoms with Gasteiger partial charge in [0.1, 0.15) is 0 Å². The summed E-state index contributed by atoms with van der Waals surface area (Å²) in [5.41, 5.74) is 3.35. The Bertz CT molecular complexity index is 1170. The lowest BCUT2D eigenvalue weighted by Gasteiger charge is -2.34. The van der Waals surface area contributed by atoms with Crippen LogP contribution in [0.2, 0.25) is 0 Å². The highest BCUT2D eigenvalue weighted by Gasteiger charge is 2.33. The molecule has 176 valence electrons. The van der Waals surface area contributed by atoms with Crippen LogP contribution in [0.1, 0.15) is 33.4 Å². The molecule has 3 aromatic rings. The molecule has 2 aliphatic rings. The molecule has 1 aromatic heterocycles. The van der Waals surface area contributed by atoms with Gasteiger partial charge in [-0.1, -0.05) is 30.3 Å². The third-order valence-electron chi connectivity index (χ3n) is 6.50. The molecule has 0 unspecified atom stereocenters. The largest absolute Gasteiger partial charge is 0.369 e. The SMILES string of the molecule is CN1CCN(c2ccc(C(=O)Nc3n[nH]c4c3CN(C(=O)[C@H](F)c3ccccc3)C4)cc2)CC1. The standard InChI is InChI=1S/C25H27FN6O2/c1-30-11-13-31(14-12-30)19-9-7-18(8-10-19)24(33)27-23-20-15-32(16-21(20)28-29-23)25(34)22(26)17-5-3-2-4-6-17/h2-10,22H,11-16H2,1H3,(H2,27,28,29,33)/t22-/m1/s1. The van der Waals surface area contributed by atoms with Crippen molar-refractivity contribution in [2.24, 2.45) is 0 Å². The van der Waals surface area contributed by atoms with Gasteiger partial charge >= 0.3 is 0 Å². The summed E-state index contributed by atoms with van der Waals surface area (Å²) in [5.74, 6) is -0.516. The highest BCUT2D eigenvalue weighted by molar-refractivity contribution is 6.04. The first-order chi connectivity index (χ1) is 16.5. The van der Waals surface area contributed by atoms with Crippen LogP contribution < -0.4 is 10.2 Å². The molecule has 34 heavy (non-hydrogen) atoms. The van der Waals surface area contributed by atoms with Gasteiger partial charge in [0.15, 0.2) is 5.82 Å². The lowest BCUT2D eigenvalue weighted by molar-refractivity contribution is -0.137. The molecule has 1 saturated heterocycles. The predicted molar refractivity (Wildman–Crippen MR) is 127 cm³/mol. The first kappa shape index (κ1) is 22.1. The van der Waals surface area contributed by atoms with Gasteiger partial charge in [-0.25, -0.2) is 4.39 Å². The Kier molecular flexibility index (Phi) is 6.02. The number of carbonyl (C=O) groups excluding carboxylic acids is 2. The lowest BCUT2D eigenvalue weighted by Crippen LogP contribution is -2.44. The zero-order valence-electron chi connectivity index (χ0n) is 19.0. The van der Waals surface area contributed by atoms with E-state index in [9.17, 15) is 14.0 Å². The number of nitrogens with zero attached hydrogens (tertiary/aromatic N) is 4. The van der Waals surface area contributed by atoms with E-state index < -0.39 is 12.1 Å². The molecule has 5 rings (SSSR count). The van der Waals surface area contributed by atoms with Crippen LogP contribution in [0.5, 0.6) is 0 Å². The lowest BCUT2D eigenvalue weighted by atomic mass is 10.1. The van der Waals surface area contributed by atoms with Crippen LogP contribution in [0.3, 0.4) is 0 Å². The number of aromatic nitrogens is 2. The van der Waals surface area contributed by atoms with Crippen LogP contribution >= 0.6 is 0 Å². The molecular weight excluding hydrogens is 435 g/mol. The van der Waals surface area contributed by atoms with Crippen molar-refractivity contribution in [3.8, 4) is 0 Å². The second-order valence-electron chi connectivity index (χ2n) is 8.79. The van der Waals surface area contributed by atoms with Gasteiger partial charge in [-0.3, -0.25) is 14.7 Å². The third-order valence-corrected chi connectivity index (χ3v) is 6.50. The van der Waals surface area contributed by atoms with Gasteiger partial charge in [-0.2, -0.15) is 5.10 Å². The average molecular weight is 463 g/mol. The average Bonchev–Trinajstić information content (AvgIpc) is 3.46. The Labute approximate surface area is 197 Å². The topological polar surface area (TPSA) is 84.6 Å². The van der Waals surface area contributed by atoms with E-state index in [0.29, 0.717) is 28.2 Å². The smallest absolute Gasteiger partial charge is 0.262 e. The predicted octanol–water partition coefficient (Wildman–Crippen LogP) is 2.97. The van der Waals surface area contributed by atoms with Gasteiger partial charge < -0.3 is 20.0 Å². The molecule has 0 aliphatic carbocycles. The normalized spacial score (nSPS) is 16.9. The minimum absolute atomic E-state index is 0.190. The van der Waals surface area contributed by atoms with Gasteiger partial charge in [-0.15, -0.1) is 0 Å². The summed E-state index contributed by atoms with van der Waals surface area (Å²) >= 11 is 0. The highest BCUT2D eigenvalue weighted by atomic mass is 19.1. The van der Waals surface area contributed by atoms with Gasteiger partial charge in [0.05, 0.1) is 18.8 Å². The van der Waals surface area contributed by atoms with E-state index in [1.54, 1.807) is 42.5 Å². The minimum Gasteiger partial charge on any atom is -0.369 e. The molecule has 2 aromatic carbocycles. The summed E-state index contributed by atoms with van der Waals surface area (Å²) in [6, 6.07) is 15.9. The molecule has 2 aliphatic heterocycles. The van der Waals surface area contributed by atoms with Crippen molar-refractivity contribution in [2.45, 2.75) is 19.3 Å². The van der Waals surface area contributed by atoms with Gasteiger partial charge in [0.25, 0.3) is 11.8 Å². The van der Waals surface area contributed by atoms with Crippen LogP contribution in [0.25, 0.3) is 0 Å². The number of alkyl halides is 1. The summed E-state index contributed by atoms with van der Waals surface area (Å²) < 4.78 is 14.7. The maximum atomic E-state index is 14.7. The number of nitrogens with one attached hydrogen (secondary N) is 2. The number of aromatic amines is 1. The molecule has 0 saturated carbocycles. The summed E-state index contributed by atoms with van der Waals surface area (Å²) in [4.78, 5) is 31.5. The number of benzene rings is 2. The summed E-state index contributed by atoms with van der Waals surface area (Å²) in [6.45, 7) is 4.36. The van der Waals surface area contributed by atoms with Crippen molar-refractivity contribution in [3.05, 3.63) is 77.0 Å². The Balaban J connectivity index is 1.22. The zero-order valence-corrected chi connectivity index (χ0v) is 19.0. The number of likely N-dealkylation sites (N-methyl/N-ethyl adjacent to an activating group) is 1. The van der Waals surface area contributed by atoms with Crippen molar-refractivity contribution >= 4 is 23.3 Å².